The molecule has 1 heterocycles. The molecule has 1 fully saturated rings. The Kier molecular flexibility index (Phi) is 7.06. The highest BCUT2D eigenvalue weighted by molar-refractivity contribution is 6.43. The number of nitrogens with zero attached hydrogens (tertiary/aromatic N) is 1. The van der Waals surface area contributed by atoms with Crippen LogP contribution in [0.1, 0.15) is 12.8 Å². The van der Waals surface area contributed by atoms with Crippen LogP contribution in [0.25, 0.3) is 0 Å². The van der Waals surface area contributed by atoms with E-state index in [1.165, 1.54) is 0 Å². The zero-order chi connectivity index (χ0) is 13.8. The number of amides is 1. The van der Waals surface area contributed by atoms with Gasteiger partial charge >= 0.3 is 0 Å². The molecule has 0 spiro atoms. The lowest BCUT2D eigenvalue weighted by molar-refractivity contribution is -0.117. The van der Waals surface area contributed by atoms with E-state index in [-0.39, 0.29) is 24.4 Å². The van der Waals surface area contributed by atoms with Crippen molar-refractivity contribution >= 4 is 47.2 Å². The average molecular weight is 339 g/mol. The molecule has 0 saturated carbocycles. The summed E-state index contributed by atoms with van der Waals surface area (Å²) in [5.74, 6) is -0.0988. The predicted molar refractivity (Wildman–Crippen MR) is 86.0 cm³/mol. The van der Waals surface area contributed by atoms with Crippen LogP contribution in [0.2, 0.25) is 10.0 Å². The number of carbonyl (C=O) groups excluding carboxylic acids is 1. The molecular weight excluding hydrogens is 321 g/mol. The van der Waals surface area contributed by atoms with Crippen LogP contribution in [-0.4, -0.2) is 36.5 Å². The van der Waals surface area contributed by atoms with Crippen LogP contribution in [0.3, 0.4) is 0 Å². The second kappa shape index (κ2) is 8.05. The van der Waals surface area contributed by atoms with Crippen LogP contribution < -0.4 is 11.1 Å². The van der Waals surface area contributed by atoms with Crippen LogP contribution in [0.5, 0.6) is 0 Å². The number of likely N-dealkylation sites (tertiary alicyclic amines) is 1. The summed E-state index contributed by atoms with van der Waals surface area (Å²) >= 11 is 11.9. The molecule has 2 rings (SSSR count). The van der Waals surface area contributed by atoms with Crippen molar-refractivity contribution in [3.05, 3.63) is 28.2 Å². The van der Waals surface area contributed by atoms with Gasteiger partial charge in [0.15, 0.2) is 0 Å². The third-order valence-corrected chi connectivity index (χ3v) is 3.95. The lowest BCUT2D eigenvalue weighted by Gasteiger charge is -2.29. The van der Waals surface area contributed by atoms with Gasteiger partial charge in [0.2, 0.25) is 5.91 Å². The molecule has 1 aliphatic heterocycles. The number of anilines is 1. The Labute approximate surface area is 135 Å². The molecule has 0 aliphatic carbocycles. The van der Waals surface area contributed by atoms with Crippen LogP contribution in [0.15, 0.2) is 18.2 Å². The Morgan fingerprint density at radius 1 is 1.45 bits per heavy atom. The molecule has 1 atom stereocenters. The summed E-state index contributed by atoms with van der Waals surface area (Å²) in [6, 6.07) is 5.33. The van der Waals surface area contributed by atoms with Gasteiger partial charge in [-0.25, -0.2) is 0 Å². The number of carbonyl (C=O) groups is 1. The lowest BCUT2D eigenvalue weighted by atomic mass is 10.1. The van der Waals surface area contributed by atoms with E-state index >= 15 is 0 Å². The molecule has 1 aliphatic rings. The Bertz CT molecular complexity index is 470. The Balaban J connectivity index is 0.00000200. The molecule has 7 heteroatoms. The van der Waals surface area contributed by atoms with Crippen LogP contribution >= 0.6 is 35.6 Å². The Morgan fingerprint density at radius 3 is 2.90 bits per heavy atom. The van der Waals surface area contributed by atoms with Crippen LogP contribution in [0, 0.1) is 0 Å². The summed E-state index contributed by atoms with van der Waals surface area (Å²) < 4.78 is 0. The number of nitrogens with one attached hydrogen (secondary N) is 1. The number of hydrogen-bond acceptors (Lipinski definition) is 3. The highest BCUT2D eigenvalue weighted by Crippen LogP contribution is 2.29. The van der Waals surface area contributed by atoms with Crippen molar-refractivity contribution in [2.24, 2.45) is 5.73 Å². The molecule has 112 valence electrons. The summed E-state index contributed by atoms with van der Waals surface area (Å²) in [6.07, 6.45) is 2.06. The highest BCUT2D eigenvalue weighted by atomic mass is 35.5. The fourth-order valence-corrected chi connectivity index (χ4v) is 2.58. The quantitative estimate of drug-likeness (QED) is 0.891. The van der Waals surface area contributed by atoms with Gasteiger partial charge in [0.1, 0.15) is 0 Å². The third kappa shape index (κ3) is 4.79. The molecule has 1 aromatic rings. The first-order valence-corrected chi connectivity index (χ1v) is 7.03. The molecular formula is C13H18Cl3N3O. The number of piperidine rings is 1. The minimum Gasteiger partial charge on any atom is -0.327 e. The van der Waals surface area contributed by atoms with Gasteiger partial charge < -0.3 is 11.1 Å². The number of hydrogen-bond donors (Lipinski definition) is 2. The number of benzene rings is 1. The normalized spacial score (nSPS) is 19.2. The molecule has 0 aromatic heterocycles. The van der Waals surface area contributed by atoms with Crippen LogP contribution in [-0.2, 0) is 4.79 Å². The summed E-state index contributed by atoms with van der Waals surface area (Å²) in [7, 11) is 0. The van der Waals surface area contributed by atoms with Gasteiger partial charge in [-0.05, 0) is 31.5 Å². The first-order valence-electron chi connectivity index (χ1n) is 6.28. The van der Waals surface area contributed by atoms with Gasteiger partial charge in [-0.3, -0.25) is 9.69 Å². The molecule has 0 unspecified atom stereocenters. The van der Waals surface area contributed by atoms with E-state index in [1.807, 2.05) is 0 Å². The zero-order valence-electron chi connectivity index (χ0n) is 10.9. The second-order valence-corrected chi connectivity index (χ2v) is 5.57. The molecule has 3 N–H and O–H groups in total. The Morgan fingerprint density at radius 2 is 2.20 bits per heavy atom. The maximum absolute atomic E-state index is 12.0. The van der Waals surface area contributed by atoms with E-state index in [4.69, 9.17) is 28.9 Å². The summed E-state index contributed by atoms with van der Waals surface area (Å²) in [5.41, 5.74) is 6.43. The smallest absolute Gasteiger partial charge is 0.238 e. The summed E-state index contributed by atoms with van der Waals surface area (Å²) in [5, 5.41) is 3.57. The largest absolute Gasteiger partial charge is 0.327 e. The molecule has 0 radical (unpaired) electrons. The molecule has 0 bridgehead atoms. The van der Waals surface area contributed by atoms with E-state index in [0.29, 0.717) is 22.3 Å². The third-order valence-electron chi connectivity index (χ3n) is 3.13. The van der Waals surface area contributed by atoms with E-state index in [2.05, 4.69) is 10.2 Å². The SMILES string of the molecule is Cl.N[C@@H]1CCCN(CC(=O)Nc2cccc(Cl)c2Cl)C1. The van der Waals surface area contributed by atoms with Crippen molar-refractivity contribution in [2.45, 2.75) is 18.9 Å². The minimum atomic E-state index is -0.0988. The monoisotopic (exact) mass is 337 g/mol. The van der Waals surface area contributed by atoms with Crippen molar-refractivity contribution < 1.29 is 4.79 Å². The van der Waals surface area contributed by atoms with E-state index in [0.717, 1.165) is 25.9 Å². The average Bonchev–Trinajstić information content (AvgIpc) is 2.35. The first kappa shape index (κ1) is 17.5. The van der Waals surface area contributed by atoms with Crippen molar-refractivity contribution in [3.8, 4) is 0 Å². The van der Waals surface area contributed by atoms with Crippen molar-refractivity contribution in [3.63, 3.8) is 0 Å². The first-order chi connectivity index (χ1) is 9.06. The number of nitrogens with two attached hydrogens (primary N) is 1. The molecule has 1 amide bonds. The topological polar surface area (TPSA) is 58.4 Å². The van der Waals surface area contributed by atoms with Gasteiger partial charge in [-0.1, -0.05) is 29.3 Å². The van der Waals surface area contributed by atoms with Gasteiger partial charge in [-0.2, -0.15) is 0 Å². The molecule has 20 heavy (non-hydrogen) atoms. The molecule has 1 saturated heterocycles. The summed E-state index contributed by atoms with van der Waals surface area (Å²) in [6.45, 7) is 2.00. The van der Waals surface area contributed by atoms with Gasteiger partial charge in [0, 0.05) is 12.6 Å². The van der Waals surface area contributed by atoms with E-state index in [9.17, 15) is 4.79 Å². The fraction of sp³-hybridized carbons (Fsp3) is 0.462. The maximum Gasteiger partial charge on any atom is 0.238 e. The highest BCUT2D eigenvalue weighted by Gasteiger charge is 2.19. The Hall–Kier alpha value is -0.520. The van der Waals surface area contributed by atoms with Gasteiger partial charge in [0.05, 0.1) is 22.3 Å². The predicted octanol–water partition coefficient (Wildman–Crippen LogP) is 2.78. The van der Waals surface area contributed by atoms with E-state index in [1.54, 1.807) is 18.2 Å². The van der Waals surface area contributed by atoms with Crippen LogP contribution in [0.4, 0.5) is 5.69 Å². The molecule has 1 aromatic carbocycles. The number of halogens is 3. The van der Waals surface area contributed by atoms with Crippen molar-refractivity contribution in [2.75, 3.05) is 25.0 Å². The fourth-order valence-electron chi connectivity index (χ4n) is 2.23. The second-order valence-electron chi connectivity index (χ2n) is 4.79. The zero-order valence-corrected chi connectivity index (χ0v) is 13.3. The van der Waals surface area contributed by atoms with E-state index < -0.39 is 0 Å². The summed E-state index contributed by atoms with van der Waals surface area (Å²) in [4.78, 5) is 14.0. The maximum atomic E-state index is 12.0. The van der Waals surface area contributed by atoms with Crippen molar-refractivity contribution in [1.82, 2.24) is 4.90 Å². The van der Waals surface area contributed by atoms with Crippen molar-refractivity contribution in [1.29, 1.82) is 0 Å². The standard InChI is InChI=1S/C13H17Cl2N3O.ClH/c14-10-4-1-5-11(13(10)15)17-12(19)8-18-6-2-3-9(16)7-18;/h1,4-5,9H,2-3,6-8,16H2,(H,17,19);1H/t9-;/m1./s1. The lowest BCUT2D eigenvalue weighted by Crippen LogP contribution is -2.45. The minimum absolute atomic E-state index is 0. The number of rotatable bonds is 3. The van der Waals surface area contributed by atoms with Gasteiger partial charge in [-0.15, -0.1) is 12.4 Å². The van der Waals surface area contributed by atoms with Gasteiger partial charge in [0.25, 0.3) is 0 Å². The molecule has 4 nitrogen and oxygen atoms in total.